The average Bonchev–Trinajstić information content (AvgIpc) is 2.78. The van der Waals surface area contributed by atoms with Crippen molar-refractivity contribution in [1.82, 2.24) is 14.8 Å². The van der Waals surface area contributed by atoms with Gasteiger partial charge in [0.05, 0.1) is 5.52 Å². The van der Waals surface area contributed by atoms with Gasteiger partial charge in [0.2, 0.25) is 0 Å². The van der Waals surface area contributed by atoms with Crippen LogP contribution >= 0.6 is 0 Å². The molecule has 108 valence electrons. The van der Waals surface area contributed by atoms with Crippen molar-refractivity contribution in [3.63, 3.8) is 0 Å². The summed E-state index contributed by atoms with van der Waals surface area (Å²) in [5.41, 5.74) is 2.49. The molecule has 4 nitrogen and oxygen atoms in total. The van der Waals surface area contributed by atoms with Gasteiger partial charge < -0.3 is 15.0 Å². The molecule has 1 saturated heterocycles. The molecular weight excluding hydrogens is 250 g/mol. The molecule has 1 aliphatic heterocycles. The molecule has 0 saturated carbocycles. The van der Waals surface area contributed by atoms with E-state index in [4.69, 9.17) is 0 Å². The largest absolute Gasteiger partial charge is 0.508 e. The third kappa shape index (κ3) is 2.53. The van der Waals surface area contributed by atoms with Crippen molar-refractivity contribution in [3.8, 4) is 5.75 Å². The van der Waals surface area contributed by atoms with Crippen LogP contribution in [0.15, 0.2) is 24.4 Å². The van der Waals surface area contributed by atoms with Crippen molar-refractivity contribution >= 4 is 10.9 Å². The van der Waals surface area contributed by atoms with Crippen LogP contribution in [0.5, 0.6) is 5.75 Å². The minimum Gasteiger partial charge on any atom is -0.508 e. The molecule has 0 bridgehead atoms. The van der Waals surface area contributed by atoms with Crippen molar-refractivity contribution in [1.29, 1.82) is 0 Å². The average molecular weight is 273 g/mol. The molecule has 3 rings (SSSR count). The first kappa shape index (κ1) is 13.5. The Kier molecular flexibility index (Phi) is 3.68. The van der Waals surface area contributed by atoms with Gasteiger partial charge >= 0.3 is 0 Å². The van der Waals surface area contributed by atoms with E-state index in [1.807, 2.05) is 12.1 Å². The van der Waals surface area contributed by atoms with Crippen LogP contribution in [0.3, 0.4) is 0 Å². The Labute approximate surface area is 120 Å². The molecule has 0 spiro atoms. The highest BCUT2D eigenvalue weighted by atomic mass is 16.3. The van der Waals surface area contributed by atoms with Crippen molar-refractivity contribution in [3.05, 3.63) is 30.0 Å². The Morgan fingerprint density at radius 2 is 2.00 bits per heavy atom. The maximum Gasteiger partial charge on any atom is 0.117 e. The van der Waals surface area contributed by atoms with E-state index in [2.05, 4.69) is 34.8 Å². The molecule has 0 radical (unpaired) electrons. The maximum atomic E-state index is 9.74. The smallest absolute Gasteiger partial charge is 0.117 e. The molecule has 1 fully saturated rings. The zero-order valence-corrected chi connectivity index (χ0v) is 12.3. The molecule has 0 unspecified atom stereocenters. The first-order valence-corrected chi connectivity index (χ1v) is 7.40. The minimum atomic E-state index is 0.339. The predicted octanol–water partition coefficient (Wildman–Crippen LogP) is 2.33. The van der Waals surface area contributed by atoms with E-state index in [1.54, 1.807) is 6.07 Å². The van der Waals surface area contributed by atoms with E-state index in [1.165, 1.54) is 10.9 Å². The molecule has 1 aromatic carbocycles. The summed E-state index contributed by atoms with van der Waals surface area (Å²) in [6, 6.07) is 6.10. The van der Waals surface area contributed by atoms with Gasteiger partial charge in [-0.1, -0.05) is 0 Å². The molecule has 0 amide bonds. The fourth-order valence-electron chi connectivity index (χ4n) is 2.98. The molecule has 0 atom stereocenters. The quantitative estimate of drug-likeness (QED) is 0.902. The van der Waals surface area contributed by atoms with Gasteiger partial charge in [-0.3, -0.25) is 4.90 Å². The lowest BCUT2D eigenvalue weighted by Crippen LogP contribution is -2.42. The summed E-state index contributed by atoms with van der Waals surface area (Å²) in [6.45, 7) is 9.70. The maximum absolute atomic E-state index is 9.74. The number of hydrogen-bond acceptors (Lipinski definition) is 3. The van der Waals surface area contributed by atoms with Crippen LogP contribution in [0.25, 0.3) is 10.9 Å². The summed E-state index contributed by atoms with van der Waals surface area (Å²) in [5.74, 6) is 0.339. The number of benzene rings is 1. The third-order valence-electron chi connectivity index (χ3n) is 4.06. The van der Waals surface area contributed by atoms with Gasteiger partial charge in [-0.25, -0.2) is 0 Å². The van der Waals surface area contributed by atoms with Gasteiger partial charge in [0.1, 0.15) is 5.75 Å². The number of nitrogens with one attached hydrogen (secondary N) is 1. The SMILES string of the molecule is CC(C)n1cc(CN2CCNCC2)c2ccc(O)cc21. The Hall–Kier alpha value is -1.52. The van der Waals surface area contributed by atoms with Crippen LogP contribution in [0, 0.1) is 0 Å². The fraction of sp³-hybridized carbons (Fsp3) is 0.500. The highest BCUT2D eigenvalue weighted by Gasteiger charge is 2.15. The standard InChI is InChI=1S/C16H23N3O/c1-12(2)19-11-13(10-18-7-5-17-6-8-18)15-4-3-14(20)9-16(15)19/h3-4,9,11-12,17,20H,5-8,10H2,1-2H3. The number of fused-ring (bicyclic) bond motifs is 1. The van der Waals surface area contributed by atoms with Gasteiger partial charge in [0, 0.05) is 56.4 Å². The lowest BCUT2D eigenvalue weighted by molar-refractivity contribution is 0.234. The van der Waals surface area contributed by atoms with Gasteiger partial charge in [-0.15, -0.1) is 0 Å². The molecule has 0 aliphatic carbocycles. The van der Waals surface area contributed by atoms with Crippen LogP contribution in [0.4, 0.5) is 0 Å². The molecular formula is C16H23N3O. The number of hydrogen-bond donors (Lipinski definition) is 2. The van der Waals surface area contributed by atoms with E-state index in [0.717, 1.165) is 38.2 Å². The number of aromatic hydroxyl groups is 1. The van der Waals surface area contributed by atoms with E-state index < -0.39 is 0 Å². The highest BCUT2D eigenvalue weighted by Crippen LogP contribution is 2.28. The molecule has 2 heterocycles. The zero-order valence-electron chi connectivity index (χ0n) is 12.3. The summed E-state index contributed by atoms with van der Waals surface area (Å²) in [6.07, 6.45) is 2.25. The number of rotatable bonds is 3. The molecule has 1 aromatic heterocycles. The molecule has 20 heavy (non-hydrogen) atoms. The normalized spacial score (nSPS) is 17.1. The third-order valence-corrected chi connectivity index (χ3v) is 4.06. The first-order chi connectivity index (χ1) is 9.65. The van der Waals surface area contributed by atoms with Crippen LogP contribution < -0.4 is 5.32 Å². The van der Waals surface area contributed by atoms with E-state index in [9.17, 15) is 5.11 Å². The summed E-state index contributed by atoms with van der Waals surface area (Å²) in [5, 5.41) is 14.4. The van der Waals surface area contributed by atoms with Crippen LogP contribution in [0.2, 0.25) is 0 Å². The van der Waals surface area contributed by atoms with Crippen LogP contribution in [-0.4, -0.2) is 40.8 Å². The Bertz CT molecular complexity index is 597. The second-order valence-electron chi connectivity index (χ2n) is 5.88. The summed E-state index contributed by atoms with van der Waals surface area (Å²) >= 11 is 0. The molecule has 2 N–H and O–H groups in total. The summed E-state index contributed by atoms with van der Waals surface area (Å²) < 4.78 is 2.26. The summed E-state index contributed by atoms with van der Waals surface area (Å²) in [7, 11) is 0. The Balaban J connectivity index is 1.97. The molecule has 1 aliphatic rings. The van der Waals surface area contributed by atoms with Gasteiger partial charge in [0.15, 0.2) is 0 Å². The second-order valence-corrected chi connectivity index (χ2v) is 5.88. The minimum absolute atomic E-state index is 0.339. The van der Waals surface area contributed by atoms with Crippen LogP contribution in [0.1, 0.15) is 25.5 Å². The number of phenolic OH excluding ortho intramolecular Hbond substituents is 1. The van der Waals surface area contributed by atoms with Gasteiger partial charge in [0.25, 0.3) is 0 Å². The van der Waals surface area contributed by atoms with Gasteiger partial charge in [-0.05, 0) is 31.5 Å². The highest BCUT2D eigenvalue weighted by molar-refractivity contribution is 5.85. The van der Waals surface area contributed by atoms with Crippen LogP contribution in [-0.2, 0) is 6.54 Å². The number of aromatic nitrogens is 1. The van der Waals surface area contributed by atoms with Crippen molar-refractivity contribution in [2.75, 3.05) is 26.2 Å². The Morgan fingerprint density at radius 1 is 1.25 bits per heavy atom. The second kappa shape index (κ2) is 5.46. The van der Waals surface area contributed by atoms with E-state index in [-0.39, 0.29) is 0 Å². The lowest BCUT2D eigenvalue weighted by Gasteiger charge is -2.26. The van der Waals surface area contributed by atoms with E-state index >= 15 is 0 Å². The fourth-order valence-corrected chi connectivity index (χ4v) is 2.98. The van der Waals surface area contributed by atoms with E-state index in [0.29, 0.717) is 11.8 Å². The van der Waals surface area contributed by atoms with Crippen molar-refractivity contribution < 1.29 is 5.11 Å². The topological polar surface area (TPSA) is 40.4 Å². The summed E-state index contributed by atoms with van der Waals surface area (Å²) in [4.78, 5) is 2.49. The van der Waals surface area contributed by atoms with Gasteiger partial charge in [-0.2, -0.15) is 0 Å². The number of nitrogens with zero attached hydrogens (tertiary/aromatic N) is 2. The number of piperazine rings is 1. The molecule has 2 aromatic rings. The number of phenols is 1. The molecule has 4 heteroatoms. The lowest BCUT2D eigenvalue weighted by atomic mass is 10.1. The Morgan fingerprint density at radius 3 is 2.70 bits per heavy atom. The monoisotopic (exact) mass is 273 g/mol. The van der Waals surface area contributed by atoms with Crippen molar-refractivity contribution in [2.24, 2.45) is 0 Å². The zero-order chi connectivity index (χ0) is 14.1. The predicted molar refractivity (Wildman–Crippen MR) is 82.1 cm³/mol. The van der Waals surface area contributed by atoms with Crippen molar-refractivity contribution in [2.45, 2.75) is 26.4 Å². The first-order valence-electron chi connectivity index (χ1n) is 7.40.